The first-order valence-electron chi connectivity index (χ1n) is 7.84. The van der Waals surface area contributed by atoms with E-state index in [1.54, 1.807) is 12.2 Å². The second-order valence-corrected chi connectivity index (χ2v) is 5.70. The molecule has 6 heteroatoms. The van der Waals surface area contributed by atoms with E-state index in [0.29, 0.717) is 0 Å². The van der Waals surface area contributed by atoms with Crippen LogP contribution in [0.1, 0.15) is 46.0 Å². The molecule has 0 saturated heterocycles. The molecular formula is C16H24O6. The zero-order valence-corrected chi connectivity index (χ0v) is 13.2. The molecule has 2 aliphatic rings. The van der Waals surface area contributed by atoms with Gasteiger partial charge in [0.2, 0.25) is 0 Å². The number of hydrogen-bond donors (Lipinski definition) is 0. The number of esters is 2. The third-order valence-electron chi connectivity index (χ3n) is 3.76. The van der Waals surface area contributed by atoms with Gasteiger partial charge in [-0.15, -0.1) is 0 Å². The van der Waals surface area contributed by atoms with Crippen molar-refractivity contribution in [3.63, 3.8) is 0 Å². The van der Waals surface area contributed by atoms with Crippen LogP contribution in [0.4, 0.5) is 0 Å². The summed E-state index contributed by atoms with van der Waals surface area (Å²) in [6, 6.07) is 0. The van der Waals surface area contributed by atoms with Crippen molar-refractivity contribution < 1.29 is 28.5 Å². The fourth-order valence-electron chi connectivity index (χ4n) is 2.73. The third-order valence-corrected chi connectivity index (χ3v) is 3.76. The lowest BCUT2D eigenvalue weighted by Gasteiger charge is -2.33. The van der Waals surface area contributed by atoms with Gasteiger partial charge >= 0.3 is 11.9 Å². The lowest BCUT2D eigenvalue weighted by Crippen LogP contribution is -2.43. The molecule has 1 saturated carbocycles. The van der Waals surface area contributed by atoms with Crippen molar-refractivity contribution in [2.45, 2.75) is 70.6 Å². The highest BCUT2D eigenvalue weighted by atomic mass is 16.7. The molecule has 0 aromatic heterocycles. The van der Waals surface area contributed by atoms with Gasteiger partial charge in [0.1, 0.15) is 18.8 Å². The van der Waals surface area contributed by atoms with E-state index in [-0.39, 0.29) is 12.7 Å². The van der Waals surface area contributed by atoms with Crippen molar-refractivity contribution >= 4 is 11.9 Å². The highest BCUT2D eigenvalue weighted by Gasteiger charge is 2.32. The number of carbonyl (C=O) groups is 2. The van der Waals surface area contributed by atoms with Crippen LogP contribution in [-0.4, -0.2) is 43.1 Å². The Labute approximate surface area is 130 Å². The van der Waals surface area contributed by atoms with Crippen LogP contribution in [0.15, 0.2) is 12.2 Å². The molecule has 0 aromatic carbocycles. The van der Waals surface area contributed by atoms with E-state index in [4.69, 9.17) is 18.9 Å². The summed E-state index contributed by atoms with van der Waals surface area (Å²) in [7, 11) is 0. The lowest BCUT2D eigenvalue weighted by molar-refractivity contribution is -0.212. The van der Waals surface area contributed by atoms with Gasteiger partial charge in [-0.05, 0) is 25.0 Å². The maximum atomic E-state index is 11.1. The molecule has 1 fully saturated rings. The normalized spacial score (nSPS) is 29.1. The maximum absolute atomic E-state index is 11.1. The van der Waals surface area contributed by atoms with Gasteiger partial charge in [-0.1, -0.05) is 19.3 Å². The number of carbonyl (C=O) groups excluding carboxylic acids is 2. The first-order valence-corrected chi connectivity index (χ1v) is 7.84. The van der Waals surface area contributed by atoms with E-state index < -0.39 is 30.4 Å². The fraction of sp³-hybridized carbons (Fsp3) is 0.750. The summed E-state index contributed by atoms with van der Waals surface area (Å²) in [5.74, 6) is -0.804. The summed E-state index contributed by atoms with van der Waals surface area (Å²) < 4.78 is 21.9. The molecule has 0 radical (unpaired) electrons. The molecule has 1 aliphatic heterocycles. The van der Waals surface area contributed by atoms with Crippen LogP contribution in [-0.2, 0) is 28.5 Å². The molecule has 22 heavy (non-hydrogen) atoms. The summed E-state index contributed by atoms with van der Waals surface area (Å²) in [6.07, 6.45) is 7.77. The SMILES string of the molecule is CC(=O)OC[C@H]1OC(OC2CCCCC2)C=C[C@@H]1OC(C)=O. The molecule has 0 spiro atoms. The van der Waals surface area contributed by atoms with Gasteiger partial charge in [-0.25, -0.2) is 0 Å². The second-order valence-electron chi connectivity index (χ2n) is 5.70. The molecule has 0 aromatic rings. The van der Waals surface area contributed by atoms with Gasteiger partial charge < -0.3 is 18.9 Å². The Bertz CT molecular complexity index is 413. The molecule has 2 rings (SSSR count). The van der Waals surface area contributed by atoms with Crippen LogP contribution in [0.25, 0.3) is 0 Å². The molecule has 0 N–H and O–H groups in total. The van der Waals surface area contributed by atoms with Gasteiger partial charge in [0.15, 0.2) is 6.29 Å². The first kappa shape index (κ1) is 17.0. The number of rotatable bonds is 5. The number of hydrogen-bond acceptors (Lipinski definition) is 6. The average Bonchev–Trinajstić information content (AvgIpc) is 2.48. The summed E-state index contributed by atoms with van der Waals surface area (Å²) in [6.45, 7) is 2.69. The topological polar surface area (TPSA) is 71.1 Å². The standard InChI is InChI=1S/C16H24O6/c1-11(17)19-10-15-14(20-12(2)18)8-9-16(22-15)21-13-6-4-3-5-7-13/h8-9,13-16H,3-7,10H2,1-2H3/t14-,15+,16?/m0/s1. The average molecular weight is 312 g/mol. The minimum atomic E-state index is -0.567. The zero-order valence-electron chi connectivity index (χ0n) is 13.2. The summed E-state index contributed by atoms with van der Waals surface area (Å²) in [4.78, 5) is 22.1. The fourth-order valence-corrected chi connectivity index (χ4v) is 2.73. The van der Waals surface area contributed by atoms with Gasteiger partial charge in [0, 0.05) is 13.8 Å². The van der Waals surface area contributed by atoms with E-state index in [1.165, 1.54) is 33.1 Å². The van der Waals surface area contributed by atoms with Crippen LogP contribution < -0.4 is 0 Å². The van der Waals surface area contributed by atoms with E-state index in [2.05, 4.69) is 0 Å². The molecule has 1 unspecified atom stereocenters. The van der Waals surface area contributed by atoms with Crippen molar-refractivity contribution in [2.24, 2.45) is 0 Å². The summed E-state index contributed by atoms with van der Waals surface area (Å²) >= 11 is 0. The Morgan fingerprint density at radius 3 is 2.45 bits per heavy atom. The Balaban J connectivity index is 1.93. The van der Waals surface area contributed by atoms with Gasteiger partial charge in [0.25, 0.3) is 0 Å². The van der Waals surface area contributed by atoms with Crippen LogP contribution in [0, 0.1) is 0 Å². The predicted molar refractivity (Wildman–Crippen MR) is 77.9 cm³/mol. The quantitative estimate of drug-likeness (QED) is 0.572. The van der Waals surface area contributed by atoms with E-state index in [9.17, 15) is 9.59 Å². The van der Waals surface area contributed by atoms with Crippen LogP contribution in [0.3, 0.4) is 0 Å². The molecule has 124 valence electrons. The molecule has 1 heterocycles. The van der Waals surface area contributed by atoms with Gasteiger partial charge in [-0.3, -0.25) is 9.59 Å². The Kier molecular flexibility index (Phi) is 6.39. The van der Waals surface area contributed by atoms with Crippen molar-refractivity contribution in [1.29, 1.82) is 0 Å². The smallest absolute Gasteiger partial charge is 0.303 e. The second kappa shape index (κ2) is 8.29. The van der Waals surface area contributed by atoms with E-state index in [1.807, 2.05) is 0 Å². The van der Waals surface area contributed by atoms with Crippen molar-refractivity contribution in [3.05, 3.63) is 12.2 Å². The van der Waals surface area contributed by atoms with Crippen molar-refractivity contribution in [3.8, 4) is 0 Å². The Hall–Kier alpha value is -1.40. The number of ether oxygens (including phenoxy) is 4. The summed E-state index contributed by atoms with van der Waals surface area (Å²) in [5, 5.41) is 0. The van der Waals surface area contributed by atoms with Crippen molar-refractivity contribution in [2.75, 3.05) is 6.61 Å². The third kappa shape index (κ3) is 5.42. The predicted octanol–water partition coefficient (Wildman–Crippen LogP) is 2.11. The van der Waals surface area contributed by atoms with Crippen LogP contribution in [0.2, 0.25) is 0 Å². The molecule has 6 nitrogen and oxygen atoms in total. The van der Waals surface area contributed by atoms with Crippen LogP contribution in [0.5, 0.6) is 0 Å². The minimum Gasteiger partial charge on any atom is -0.463 e. The molecule has 0 bridgehead atoms. The minimum absolute atomic E-state index is 0.0299. The highest BCUT2D eigenvalue weighted by molar-refractivity contribution is 5.66. The largest absolute Gasteiger partial charge is 0.463 e. The maximum Gasteiger partial charge on any atom is 0.303 e. The van der Waals surface area contributed by atoms with E-state index in [0.717, 1.165) is 12.8 Å². The Morgan fingerprint density at radius 2 is 1.82 bits per heavy atom. The van der Waals surface area contributed by atoms with Crippen LogP contribution >= 0.6 is 0 Å². The molecule has 1 aliphatic carbocycles. The molecular weight excluding hydrogens is 288 g/mol. The zero-order chi connectivity index (χ0) is 15.9. The van der Waals surface area contributed by atoms with E-state index >= 15 is 0 Å². The van der Waals surface area contributed by atoms with Gasteiger partial charge in [-0.2, -0.15) is 0 Å². The lowest BCUT2D eigenvalue weighted by atomic mass is 9.98. The molecule has 0 amide bonds. The monoisotopic (exact) mass is 312 g/mol. The van der Waals surface area contributed by atoms with Crippen molar-refractivity contribution in [1.82, 2.24) is 0 Å². The Morgan fingerprint density at radius 1 is 1.09 bits per heavy atom. The first-order chi connectivity index (χ1) is 10.5. The summed E-state index contributed by atoms with van der Waals surface area (Å²) in [5.41, 5.74) is 0. The highest BCUT2D eigenvalue weighted by Crippen LogP contribution is 2.25. The van der Waals surface area contributed by atoms with Gasteiger partial charge in [0.05, 0.1) is 6.10 Å². The molecule has 3 atom stereocenters.